The Morgan fingerprint density at radius 2 is 1.72 bits per heavy atom. The first kappa shape index (κ1) is 15.0. The van der Waals surface area contributed by atoms with Crippen molar-refractivity contribution in [2.24, 2.45) is 5.84 Å². The van der Waals surface area contributed by atoms with E-state index in [0.29, 0.717) is 5.56 Å². The lowest BCUT2D eigenvalue weighted by Crippen LogP contribution is -2.50. The van der Waals surface area contributed by atoms with Gasteiger partial charge in [-0.3, -0.25) is 9.80 Å². The molecule has 2 N–H and O–H groups in total. The Bertz CT molecular complexity index is 457. The Labute approximate surface area is 117 Å². The molecular weight excluding hydrogens is 271 g/mol. The highest BCUT2D eigenvalue weighted by atomic mass is 35.5. The molecule has 98 valence electrons. The number of benzene rings is 1. The largest absolute Gasteiger partial charge is 0.271 e. The summed E-state index contributed by atoms with van der Waals surface area (Å²) in [5.74, 6) is 5.55. The zero-order valence-corrected chi connectivity index (χ0v) is 12.1. The average Bonchev–Trinajstić information content (AvgIpc) is 2.26. The van der Waals surface area contributed by atoms with Gasteiger partial charge in [0.15, 0.2) is 0 Å². The third-order valence-corrected chi connectivity index (χ3v) is 2.59. The lowest BCUT2D eigenvalue weighted by molar-refractivity contribution is 0.0582. The number of amides is 1. The summed E-state index contributed by atoms with van der Waals surface area (Å²) >= 11 is 11.1. The summed E-state index contributed by atoms with van der Waals surface area (Å²) in [5.41, 5.74) is 0.927. The first-order valence-corrected chi connectivity index (χ1v) is 6.19. The highest BCUT2D eigenvalue weighted by Crippen LogP contribution is 2.16. The number of nitrogens with two attached hydrogens (primary N) is 1. The van der Waals surface area contributed by atoms with Gasteiger partial charge in [0.1, 0.15) is 4.49 Å². The molecule has 0 fully saturated rings. The van der Waals surface area contributed by atoms with E-state index in [1.54, 1.807) is 30.3 Å². The second-order valence-electron chi connectivity index (χ2n) is 4.90. The van der Waals surface area contributed by atoms with E-state index in [1.165, 1.54) is 5.01 Å². The molecule has 3 nitrogen and oxygen atoms in total. The van der Waals surface area contributed by atoms with Crippen LogP contribution in [0, 0.1) is 0 Å². The smallest absolute Gasteiger partial charge is 0.268 e. The molecule has 0 aliphatic heterocycles. The van der Waals surface area contributed by atoms with Gasteiger partial charge in [-0.05, 0) is 44.5 Å². The molecule has 0 aliphatic carbocycles. The summed E-state index contributed by atoms with van der Waals surface area (Å²) in [6, 6.07) is 6.90. The molecule has 0 aliphatic rings. The number of carbonyl (C=O) groups excluding carboxylic acids is 1. The zero-order valence-electron chi connectivity index (χ0n) is 10.6. The number of carbonyl (C=O) groups is 1. The molecule has 1 aromatic carbocycles. The van der Waals surface area contributed by atoms with Gasteiger partial charge in [-0.2, -0.15) is 0 Å². The molecule has 1 amide bonds. The summed E-state index contributed by atoms with van der Waals surface area (Å²) < 4.78 is 0.171. The molecule has 0 bridgehead atoms. The molecule has 5 heteroatoms. The minimum Gasteiger partial charge on any atom is -0.271 e. The average molecular weight is 287 g/mol. The maximum atomic E-state index is 12.1. The van der Waals surface area contributed by atoms with Crippen LogP contribution in [-0.4, -0.2) is 16.5 Å². The van der Waals surface area contributed by atoms with Crippen molar-refractivity contribution >= 4 is 35.2 Å². The first-order chi connectivity index (χ1) is 8.21. The fraction of sp³-hybridized carbons (Fsp3) is 0.308. The maximum Gasteiger partial charge on any atom is 0.268 e. The molecule has 18 heavy (non-hydrogen) atoms. The predicted molar refractivity (Wildman–Crippen MR) is 76.2 cm³/mol. The van der Waals surface area contributed by atoms with Crippen LogP contribution >= 0.6 is 23.2 Å². The fourth-order valence-electron chi connectivity index (χ4n) is 1.29. The number of halogens is 2. The minimum absolute atomic E-state index is 0.171. The molecule has 0 heterocycles. The molecule has 0 radical (unpaired) electrons. The van der Waals surface area contributed by atoms with E-state index in [4.69, 9.17) is 29.0 Å². The number of hydrogen-bond donors (Lipinski definition) is 1. The molecule has 0 spiro atoms. The summed E-state index contributed by atoms with van der Waals surface area (Å²) in [5, 5.41) is 1.21. The van der Waals surface area contributed by atoms with Crippen molar-refractivity contribution in [3.8, 4) is 0 Å². The van der Waals surface area contributed by atoms with Crippen LogP contribution in [0.1, 0.15) is 36.7 Å². The van der Waals surface area contributed by atoms with Gasteiger partial charge in [0.05, 0.1) is 5.54 Å². The number of rotatable bonds is 2. The Morgan fingerprint density at radius 3 is 2.11 bits per heavy atom. The molecule has 0 atom stereocenters. The standard InChI is InChI=1S/C13H16Cl2N2O/c1-13(2,3)17(16)12(18)10-6-4-9(5-7-10)8-11(14)15/h4-8H,16H2,1-3H3. The van der Waals surface area contributed by atoms with E-state index < -0.39 is 5.54 Å². The van der Waals surface area contributed by atoms with E-state index >= 15 is 0 Å². The number of nitrogens with zero attached hydrogens (tertiary/aromatic N) is 1. The second-order valence-corrected chi connectivity index (χ2v) is 5.91. The quantitative estimate of drug-likeness (QED) is 0.513. The van der Waals surface area contributed by atoms with Gasteiger partial charge in [0.25, 0.3) is 5.91 Å². The molecule has 1 rings (SSSR count). The van der Waals surface area contributed by atoms with Crippen LogP contribution in [0.15, 0.2) is 28.8 Å². The van der Waals surface area contributed by atoms with Gasteiger partial charge in [-0.25, -0.2) is 5.84 Å². The molecule has 0 saturated heterocycles. The van der Waals surface area contributed by atoms with Gasteiger partial charge in [-0.15, -0.1) is 0 Å². The van der Waals surface area contributed by atoms with Crippen LogP contribution in [0.4, 0.5) is 0 Å². The monoisotopic (exact) mass is 286 g/mol. The van der Waals surface area contributed by atoms with Crippen molar-refractivity contribution in [2.45, 2.75) is 26.3 Å². The molecule has 1 aromatic rings. The van der Waals surface area contributed by atoms with Crippen LogP contribution in [0.3, 0.4) is 0 Å². The molecule has 0 saturated carbocycles. The lowest BCUT2D eigenvalue weighted by atomic mass is 10.1. The van der Waals surface area contributed by atoms with Crippen molar-refractivity contribution in [3.63, 3.8) is 0 Å². The summed E-state index contributed by atoms with van der Waals surface area (Å²) in [6.07, 6.45) is 1.60. The predicted octanol–water partition coefficient (Wildman–Crippen LogP) is 3.58. The van der Waals surface area contributed by atoms with Crippen LogP contribution in [0.5, 0.6) is 0 Å². The molecular formula is C13H16Cl2N2O. The van der Waals surface area contributed by atoms with Crippen molar-refractivity contribution in [2.75, 3.05) is 0 Å². The van der Waals surface area contributed by atoms with Crippen LogP contribution in [0.2, 0.25) is 0 Å². The van der Waals surface area contributed by atoms with Gasteiger partial charge in [-0.1, -0.05) is 35.3 Å². The second kappa shape index (κ2) is 5.74. The van der Waals surface area contributed by atoms with Gasteiger partial charge in [0.2, 0.25) is 0 Å². The van der Waals surface area contributed by atoms with E-state index in [-0.39, 0.29) is 10.4 Å². The highest BCUT2D eigenvalue weighted by Gasteiger charge is 2.24. The van der Waals surface area contributed by atoms with Crippen LogP contribution in [0.25, 0.3) is 6.08 Å². The summed E-state index contributed by atoms with van der Waals surface area (Å²) in [4.78, 5) is 12.1. The van der Waals surface area contributed by atoms with E-state index in [0.717, 1.165) is 5.56 Å². The topological polar surface area (TPSA) is 46.3 Å². The summed E-state index contributed by atoms with van der Waals surface area (Å²) in [6.45, 7) is 5.61. The van der Waals surface area contributed by atoms with Crippen molar-refractivity contribution in [1.29, 1.82) is 0 Å². The normalized spacial score (nSPS) is 11.0. The third kappa shape index (κ3) is 4.02. The Balaban J connectivity index is 2.93. The van der Waals surface area contributed by atoms with Gasteiger partial charge >= 0.3 is 0 Å². The zero-order chi connectivity index (χ0) is 13.9. The third-order valence-electron chi connectivity index (χ3n) is 2.37. The fourth-order valence-corrected chi connectivity index (χ4v) is 1.54. The Kier molecular flexibility index (Phi) is 4.79. The van der Waals surface area contributed by atoms with Crippen molar-refractivity contribution < 1.29 is 4.79 Å². The highest BCUT2D eigenvalue weighted by molar-refractivity contribution is 6.57. The lowest BCUT2D eigenvalue weighted by Gasteiger charge is -2.31. The van der Waals surface area contributed by atoms with E-state index in [9.17, 15) is 4.79 Å². The van der Waals surface area contributed by atoms with Gasteiger partial charge in [0, 0.05) is 5.56 Å². The number of hydrogen-bond acceptors (Lipinski definition) is 2. The molecule has 0 aromatic heterocycles. The Hall–Kier alpha value is -1.03. The SMILES string of the molecule is CC(C)(C)N(N)C(=O)c1ccc(C=C(Cl)Cl)cc1. The first-order valence-electron chi connectivity index (χ1n) is 5.44. The van der Waals surface area contributed by atoms with E-state index in [1.807, 2.05) is 20.8 Å². The van der Waals surface area contributed by atoms with Crippen LogP contribution < -0.4 is 5.84 Å². The van der Waals surface area contributed by atoms with Gasteiger partial charge < -0.3 is 0 Å². The molecule has 0 unspecified atom stereocenters. The summed E-state index contributed by atoms with van der Waals surface area (Å²) in [7, 11) is 0. The van der Waals surface area contributed by atoms with Crippen LogP contribution in [-0.2, 0) is 0 Å². The van der Waals surface area contributed by atoms with E-state index in [2.05, 4.69) is 0 Å². The Morgan fingerprint density at radius 1 is 1.22 bits per heavy atom. The number of hydrazine groups is 1. The van der Waals surface area contributed by atoms with Crippen molar-refractivity contribution in [3.05, 3.63) is 39.9 Å². The minimum atomic E-state index is -0.422. The van der Waals surface area contributed by atoms with Crippen molar-refractivity contribution in [1.82, 2.24) is 5.01 Å². The maximum absolute atomic E-state index is 12.1.